The first-order chi connectivity index (χ1) is 19.1. The van der Waals surface area contributed by atoms with Gasteiger partial charge in [-0.25, -0.2) is 23.0 Å². The molecule has 3 fully saturated rings. The molecule has 0 amide bonds. The highest BCUT2D eigenvalue weighted by Gasteiger charge is 2.42. The molecule has 2 heterocycles. The molecule has 0 unspecified atom stereocenters. The Labute approximate surface area is 232 Å². The van der Waals surface area contributed by atoms with Gasteiger partial charge in [0.15, 0.2) is 11.6 Å². The third kappa shape index (κ3) is 4.34. The lowest BCUT2D eigenvalue weighted by Crippen LogP contribution is -2.47. The number of pyridine rings is 1. The summed E-state index contributed by atoms with van der Waals surface area (Å²) in [7, 11) is 0. The van der Waals surface area contributed by atoms with Crippen molar-refractivity contribution in [2.45, 2.75) is 64.8 Å². The average Bonchev–Trinajstić information content (AvgIpc) is 3.35. The topological polar surface area (TPSA) is 45.1 Å². The summed E-state index contributed by atoms with van der Waals surface area (Å²) in [6.07, 6.45) is 6.11. The number of aromatic nitrogens is 2. The van der Waals surface area contributed by atoms with E-state index in [1.165, 1.54) is 25.1 Å². The van der Waals surface area contributed by atoms with Crippen molar-refractivity contribution in [3.05, 3.63) is 77.0 Å². The minimum Gasteiger partial charge on any atom is -0.364 e. The van der Waals surface area contributed by atoms with E-state index in [-0.39, 0.29) is 45.1 Å². The van der Waals surface area contributed by atoms with Crippen LogP contribution in [0.2, 0.25) is 0 Å². The highest BCUT2D eigenvalue weighted by Crippen LogP contribution is 2.48. The number of hydrogen-bond acceptors (Lipinski definition) is 2. The number of hydrogen-bond donors (Lipinski definition) is 2. The van der Waals surface area contributed by atoms with E-state index < -0.39 is 17.5 Å². The lowest BCUT2D eigenvalue weighted by molar-refractivity contribution is 0.0926. The van der Waals surface area contributed by atoms with Gasteiger partial charge in [0.05, 0.1) is 17.8 Å². The van der Waals surface area contributed by atoms with E-state index >= 15 is 4.39 Å². The first kappa shape index (κ1) is 26.4. The summed E-state index contributed by atoms with van der Waals surface area (Å²) < 4.78 is 45.4. The van der Waals surface area contributed by atoms with Crippen molar-refractivity contribution in [1.82, 2.24) is 9.97 Å². The number of anilines is 1. The third-order valence-electron chi connectivity index (χ3n) is 9.16. The van der Waals surface area contributed by atoms with Crippen LogP contribution in [0.25, 0.3) is 38.1 Å². The minimum atomic E-state index is -0.740. The summed E-state index contributed by atoms with van der Waals surface area (Å²) in [5.74, 6) is -0.593. The quantitative estimate of drug-likeness (QED) is 0.252. The number of nitrogens with zero attached hydrogens (tertiary/aromatic N) is 2. The summed E-state index contributed by atoms with van der Waals surface area (Å²) in [5.41, 5.74) is 2.36. The summed E-state index contributed by atoms with van der Waals surface area (Å²) in [6, 6.07) is 9.67. The maximum atomic E-state index is 16.5. The number of benzene rings is 2. The Morgan fingerprint density at radius 1 is 1.00 bits per heavy atom. The van der Waals surface area contributed by atoms with Gasteiger partial charge in [0, 0.05) is 34.8 Å². The monoisotopic (exact) mass is 542 g/mol. The van der Waals surface area contributed by atoms with Crippen molar-refractivity contribution in [3.8, 4) is 22.4 Å². The number of rotatable bonds is 4. The number of aromatic amines is 1. The zero-order valence-electron chi connectivity index (χ0n) is 23.2. The van der Waals surface area contributed by atoms with Gasteiger partial charge in [-0.3, -0.25) is 0 Å². The number of H-pyrrole nitrogens is 1. The van der Waals surface area contributed by atoms with Crippen LogP contribution in [0.3, 0.4) is 0 Å². The molecule has 2 N–H and O–H groups in total. The molecule has 0 aliphatic heterocycles. The maximum absolute atomic E-state index is 16.5. The van der Waals surface area contributed by atoms with Crippen molar-refractivity contribution in [3.63, 3.8) is 0 Å². The highest BCUT2D eigenvalue weighted by molar-refractivity contribution is 6.01. The van der Waals surface area contributed by atoms with Gasteiger partial charge in [0.2, 0.25) is 5.69 Å². The van der Waals surface area contributed by atoms with Gasteiger partial charge in [-0.1, -0.05) is 52.0 Å². The zero-order chi connectivity index (χ0) is 28.3. The van der Waals surface area contributed by atoms with Crippen LogP contribution in [0, 0.1) is 41.8 Å². The number of fused-ring (bicyclic) bond motifs is 4. The molecular formula is C33H33F3N4. The molecule has 3 saturated carbocycles. The van der Waals surface area contributed by atoms with Crippen molar-refractivity contribution in [1.29, 1.82) is 0 Å². The predicted molar refractivity (Wildman–Crippen MR) is 154 cm³/mol. The van der Waals surface area contributed by atoms with Gasteiger partial charge in [-0.2, -0.15) is 0 Å². The van der Waals surface area contributed by atoms with E-state index in [4.69, 9.17) is 6.57 Å². The maximum Gasteiger partial charge on any atom is 0.223 e. The van der Waals surface area contributed by atoms with Crippen LogP contribution < -0.4 is 5.32 Å². The van der Waals surface area contributed by atoms with Crippen molar-refractivity contribution < 1.29 is 13.2 Å². The zero-order valence-corrected chi connectivity index (χ0v) is 23.2. The van der Waals surface area contributed by atoms with E-state index in [1.54, 1.807) is 0 Å². The van der Waals surface area contributed by atoms with Crippen LogP contribution in [0.4, 0.5) is 24.7 Å². The van der Waals surface area contributed by atoms with Gasteiger partial charge in [-0.05, 0) is 66.0 Å². The molecule has 0 radical (unpaired) electrons. The molecule has 0 spiro atoms. The second-order valence-electron chi connectivity index (χ2n) is 12.5. The lowest BCUT2D eigenvalue weighted by atomic mass is 9.62. The Bertz CT molecular complexity index is 1630. The van der Waals surface area contributed by atoms with E-state index in [0.29, 0.717) is 28.9 Å². The molecule has 3 aliphatic rings. The van der Waals surface area contributed by atoms with Gasteiger partial charge < -0.3 is 10.3 Å². The highest BCUT2D eigenvalue weighted by atomic mass is 19.1. The molecule has 4 nitrogen and oxygen atoms in total. The molecular weight excluding hydrogens is 509 g/mol. The fourth-order valence-corrected chi connectivity index (χ4v) is 6.86. The lowest BCUT2D eigenvalue weighted by Gasteiger charge is -2.47. The summed E-state index contributed by atoms with van der Waals surface area (Å²) in [4.78, 5) is 11.3. The molecule has 0 saturated heterocycles. The van der Waals surface area contributed by atoms with E-state index in [0.717, 1.165) is 24.5 Å². The normalized spacial score (nSPS) is 22.4. The molecule has 40 heavy (non-hydrogen) atoms. The molecule has 7 rings (SSSR count). The summed E-state index contributed by atoms with van der Waals surface area (Å²) in [6.45, 7) is 16.6. The standard InChI is InChI=1S/C33H33F3N4/c1-17-18-6-8-20(9-7-18)28(17)39-32-27(36)26(19-10-12-21(13-11-19)33(2,3)4)31(37-5)30(40-32)24-16-38-29-23(24)14-22(34)15-25(29)35/h10-18,20,28,38H,6-9H2,1-4H3,(H,39,40)/t17-,18?,20?,28+/m1/s1. The van der Waals surface area contributed by atoms with Gasteiger partial charge in [-0.15, -0.1) is 0 Å². The predicted octanol–water partition coefficient (Wildman–Crippen LogP) is 9.40. The van der Waals surface area contributed by atoms with Crippen molar-refractivity contribution in [2.75, 3.05) is 5.32 Å². The summed E-state index contributed by atoms with van der Waals surface area (Å²) in [5, 5.41) is 3.71. The van der Waals surface area contributed by atoms with Crippen LogP contribution in [0.15, 0.2) is 42.6 Å². The molecule has 3 aliphatic carbocycles. The average molecular weight is 543 g/mol. The van der Waals surface area contributed by atoms with E-state index in [1.807, 2.05) is 24.3 Å². The van der Waals surface area contributed by atoms with Crippen LogP contribution in [-0.2, 0) is 5.41 Å². The third-order valence-corrected chi connectivity index (χ3v) is 9.16. The minimum absolute atomic E-state index is 0.00958. The Balaban J connectivity index is 1.57. The molecule has 7 heteroatoms. The Morgan fingerprint density at radius 2 is 1.68 bits per heavy atom. The number of halogens is 3. The molecule has 2 aromatic carbocycles. The van der Waals surface area contributed by atoms with Crippen LogP contribution in [0.1, 0.15) is 58.9 Å². The fourth-order valence-electron chi connectivity index (χ4n) is 6.86. The molecule has 2 atom stereocenters. The van der Waals surface area contributed by atoms with Crippen LogP contribution >= 0.6 is 0 Å². The molecule has 2 bridgehead atoms. The Morgan fingerprint density at radius 3 is 2.30 bits per heavy atom. The summed E-state index contributed by atoms with van der Waals surface area (Å²) >= 11 is 0. The molecule has 2 aromatic heterocycles. The largest absolute Gasteiger partial charge is 0.364 e. The van der Waals surface area contributed by atoms with Gasteiger partial charge in [0.1, 0.15) is 11.6 Å². The van der Waals surface area contributed by atoms with Crippen molar-refractivity contribution in [2.24, 2.45) is 17.8 Å². The molecule has 4 aromatic rings. The van der Waals surface area contributed by atoms with Crippen LogP contribution in [0.5, 0.6) is 0 Å². The molecule has 206 valence electrons. The van der Waals surface area contributed by atoms with Crippen molar-refractivity contribution >= 4 is 22.4 Å². The smallest absolute Gasteiger partial charge is 0.223 e. The van der Waals surface area contributed by atoms with E-state index in [2.05, 4.69) is 47.8 Å². The number of nitrogens with one attached hydrogen (secondary N) is 2. The van der Waals surface area contributed by atoms with Crippen LogP contribution in [-0.4, -0.2) is 16.0 Å². The SMILES string of the molecule is [C-]#[N+]c1c(-c2c[nH]c3c(F)cc(F)cc23)nc(N[C@@H]2C3CCC(CC3)[C@H]2C)c(F)c1-c1ccc(C(C)(C)C)cc1. The fraction of sp³-hybridized carbons (Fsp3) is 0.394. The Hall–Kier alpha value is -3.79. The van der Waals surface area contributed by atoms with Gasteiger partial charge in [0.25, 0.3) is 0 Å². The first-order valence-corrected chi connectivity index (χ1v) is 14.0. The first-order valence-electron chi connectivity index (χ1n) is 14.0. The second-order valence-corrected chi connectivity index (χ2v) is 12.5. The van der Waals surface area contributed by atoms with E-state index in [9.17, 15) is 8.78 Å². The second kappa shape index (κ2) is 9.69. The Kier molecular flexibility index (Phi) is 6.40. The van der Waals surface area contributed by atoms with Gasteiger partial charge >= 0.3 is 0 Å².